The molecule has 0 saturated carbocycles. The van der Waals surface area contributed by atoms with Gasteiger partial charge < -0.3 is 4.74 Å². The molecule has 0 aromatic heterocycles. The summed E-state index contributed by atoms with van der Waals surface area (Å²) in [7, 11) is -4.39. The molecule has 1 aromatic rings. The number of morpholine rings is 1. The maximum atomic E-state index is 13.1. The Hall–Kier alpha value is -1.63. The Morgan fingerprint density at radius 2 is 1.83 bits per heavy atom. The lowest BCUT2D eigenvalue weighted by Crippen LogP contribution is -2.48. The molecular formula is C14H15F3N2O3S. The topological polar surface area (TPSA) is 70.4 Å². The van der Waals surface area contributed by atoms with Crippen molar-refractivity contribution in [3.63, 3.8) is 0 Å². The third kappa shape index (κ3) is 3.65. The number of sulfonamides is 1. The first-order valence-corrected chi connectivity index (χ1v) is 8.26. The summed E-state index contributed by atoms with van der Waals surface area (Å²) in [4.78, 5) is -0.898. The van der Waals surface area contributed by atoms with Gasteiger partial charge in [-0.15, -0.1) is 0 Å². The molecule has 0 amide bonds. The summed E-state index contributed by atoms with van der Waals surface area (Å²) in [6.45, 7) is 3.21. The highest BCUT2D eigenvalue weighted by molar-refractivity contribution is 7.89. The van der Waals surface area contributed by atoms with Crippen molar-refractivity contribution < 1.29 is 26.3 Å². The van der Waals surface area contributed by atoms with E-state index in [0.29, 0.717) is 6.07 Å². The molecule has 126 valence electrons. The van der Waals surface area contributed by atoms with Crippen LogP contribution in [0, 0.1) is 11.3 Å². The van der Waals surface area contributed by atoms with Gasteiger partial charge in [0.2, 0.25) is 10.0 Å². The molecule has 1 aliphatic heterocycles. The molecular weight excluding hydrogens is 333 g/mol. The quantitative estimate of drug-likeness (QED) is 0.823. The molecule has 2 atom stereocenters. The predicted octanol–water partition coefficient (Wildman–Crippen LogP) is 2.37. The second kappa shape index (κ2) is 6.11. The van der Waals surface area contributed by atoms with Crippen LogP contribution in [0.3, 0.4) is 0 Å². The molecule has 1 aromatic carbocycles. The maximum absolute atomic E-state index is 13.1. The second-order valence-corrected chi connectivity index (χ2v) is 7.31. The van der Waals surface area contributed by atoms with E-state index in [0.717, 1.165) is 16.4 Å². The van der Waals surface area contributed by atoms with Crippen LogP contribution in [0.2, 0.25) is 0 Å². The lowest BCUT2D eigenvalue weighted by Gasteiger charge is -2.34. The number of nitriles is 1. The minimum atomic E-state index is -4.83. The predicted molar refractivity (Wildman–Crippen MR) is 74.9 cm³/mol. The number of alkyl halides is 3. The van der Waals surface area contributed by atoms with Crippen LogP contribution in [0.25, 0.3) is 0 Å². The van der Waals surface area contributed by atoms with Crippen LogP contribution in [-0.2, 0) is 20.9 Å². The van der Waals surface area contributed by atoms with Gasteiger partial charge in [0.15, 0.2) is 0 Å². The fraction of sp³-hybridized carbons (Fsp3) is 0.500. The average molecular weight is 348 g/mol. The first-order valence-electron chi connectivity index (χ1n) is 6.82. The Kier molecular flexibility index (Phi) is 4.71. The van der Waals surface area contributed by atoms with E-state index < -0.39 is 38.9 Å². The zero-order valence-corrected chi connectivity index (χ0v) is 13.3. The van der Waals surface area contributed by atoms with Crippen LogP contribution in [-0.4, -0.2) is 38.0 Å². The summed E-state index contributed by atoms with van der Waals surface area (Å²) in [6, 6.07) is 4.00. The molecule has 2 rings (SSSR count). The number of halogens is 3. The third-order valence-electron chi connectivity index (χ3n) is 3.42. The van der Waals surface area contributed by atoms with Crippen molar-refractivity contribution in [2.75, 3.05) is 13.1 Å². The fourth-order valence-corrected chi connectivity index (χ4v) is 4.33. The molecule has 9 heteroatoms. The lowest BCUT2D eigenvalue weighted by molar-refractivity contribution is -0.140. The van der Waals surface area contributed by atoms with Crippen molar-refractivity contribution in [3.05, 3.63) is 29.3 Å². The Balaban J connectivity index is 2.56. The van der Waals surface area contributed by atoms with E-state index in [-0.39, 0.29) is 18.7 Å². The average Bonchev–Trinajstić information content (AvgIpc) is 2.44. The zero-order valence-electron chi connectivity index (χ0n) is 12.5. The SMILES string of the molecule is CC1CN(S(=O)(=O)c2cc(C#N)ccc2C(F)(F)F)CC(C)O1. The minimum absolute atomic E-state index is 0.0409. The summed E-state index contributed by atoms with van der Waals surface area (Å²) in [6.07, 6.45) is -5.69. The Labute approximate surface area is 132 Å². The van der Waals surface area contributed by atoms with Gasteiger partial charge in [0.05, 0.1) is 34.3 Å². The van der Waals surface area contributed by atoms with E-state index in [2.05, 4.69) is 0 Å². The van der Waals surface area contributed by atoms with Crippen LogP contribution in [0.15, 0.2) is 23.1 Å². The third-order valence-corrected chi connectivity index (χ3v) is 5.29. The first-order chi connectivity index (χ1) is 10.6. The summed E-state index contributed by atoms with van der Waals surface area (Å²) in [5.74, 6) is 0. The van der Waals surface area contributed by atoms with Crippen LogP contribution in [0.4, 0.5) is 13.2 Å². The smallest absolute Gasteiger partial charge is 0.373 e. The molecule has 2 unspecified atom stereocenters. The van der Waals surface area contributed by atoms with Crippen molar-refractivity contribution in [1.82, 2.24) is 4.31 Å². The molecule has 23 heavy (non-hydrogen) atoms. The van der Waals surface area contributed by atoms with Crippen molar-refractivity contribution >= 4 is 10.0 Å². The van der Waals surface area contributed by atoms with Crippen LogP contribution in [0.1, 0.15) is 25.0 Å². The molecule has 0 bridgehead atoms. The van der Waals surface area contributed by atoms with Gasteiger partial charge in [0.1, 0.15) is 0 Å². The maximum Gasteiger partial charge on any atom is 0.417 e. The molecule has 0 N–H and O–H groups in total. The molecule has 1 aliphatic rings. The van der Waals surface area contributed by atoms with Gasteiger partial charge in [-0.2, -0.15) is 22.7 Å². The van der Waals surface area contributed by atoms with Gasteiger partial charge in [0, 0.05) is 13.1 Å². The summed E-state index contributed by atoms with van der Waals surface area (Å²) in [5.41, 5.74) is -1.42. The normalized spacial score (nSPS) is 23.5. The number of ether oxygens (including phenoxy) is 1. The second-order valence-electron chi connectivity index (χ2n) is 5.40. The fourth-order valence-electron chi connectivity index (χ4n) is 2.51. The Morgan fingerprint density at radius 1 is 1.26 bits per heavy atom. The van der Waals surface area contributed by atoms with Crippen LogP contribution in [0.5, 0.6) is 0 Å². The number of nitrogens with zero attached hydrogens (tertiary/aromatic N) is 2. The standard InChI is InChI=1S/C14H15F3N2O3S/c1-9-7-19(8-10(2)22-9)23(20,21)13-5-11(6-18)3-4-12(13)14(15,16)17/h3-5,9-10H,7-8H2,1-2H3. The highest BCUT2D eigenvalue weighted by Crippen LogP contribution is 2.36. The van der Waals surface area contributed by atoms with Crippen molar-refractivity contribution in [3.8, 4) is 6.07 Å². The van der Waals surface area contributed by atoms with E-state index in [1.54, 1.807) is 19.9 Å². The number of hydrogen-bond donors (Lipinski definition) is 0. The van der Waals surface area contributed by atoms with E-state index in [9.17, 15) is 21.6 Å². The molecule has 1 saturated heterocycles. The van der Waals surface area contributed by atoms with Gasteiger partial charge in [-0.1, -0.05) is 0 Å². The first kappa shape index (κ1) is 17.7. The van der Waals surface area contributed by atoms with Gasteiger partial charge in [-0.3, -0.25) is 0 Å². The molecule has 1 heterocycles. The number of benzene rings is 1. The Bertz CT molecular complexity index is 731. The van der Waals surface area contributed by atoms with Crippen molar-refractivity contribution in [2.45, 2.75) is 37.1 Å². The number of hydrogen-bond acceptors (Lipinski definition) is 4. The van der Waals surface area contributed by atoms with Gasteiger partial charge >= 0.3 is 6.18 Å². The molecule has 0 spiro atoms. The van der Waals surface area contributed by atoms with Gasteiger partial charge in [-0.05, 0) is 32.0 Å². The van der Waals surface area contributed by atoms with Gasteiger partial charge in [0.25, 0.3) is 0 Å². The summed E-state index contributed by atoms with van der Waals surface area (Å²) < 4.78 is 71.2. The van der Waals surface area contributed by atoms with E-state index in [1.807, 2.05) is 0 Å². The zero-order chi connectivity index (χ0) is 17.4. The van der Waals surface area contributed by atoms with Crippen molar-refractivity contribution in [1.29, 1.82) is 5.26 Å². The van der Waals surface area contributed by atoms with Crippen LogP contribution >= 0.6 is 0 Å². The molecule has 0 radical (unpaired) electrons. The van der Waals surface area contributed by atoms with Crippen molar-refractivity contribution in [2.24, 2.45) is 0 Å². The molecule has 1 fully saturated rings. The number of rotatable bonds is 2. The monoisotopic (exact) mass is 348 g/mol. The highest BCUT2D eigenvalue weighted by atomic mass is 32.2. The highest BCUT2D eigenvalue weighted by Gasteiger charge is 2.41. The molecule has 5 nitrogen and oxygen atoms in total. The van der Waals surface area contributed by atoms with Gasteiger partial charge in [-0.25, -0.2) is 8.42 Å². The largest absolute Gasteiger partial charge is 0.417 e. The van der Waals surface area contributed by atoms with E-state index in [4.69, 9.17) is 10.00 Å². The minimum Gasteiger partial charge on any atom is -0.373 e. The Morgan fingerprint density at radius 3 is 2.30 bits per heavy atom. The van der Waals surface area contributed by atoms with E-state index in [1.165, 1.54) is 0 Å². The van der Waals surface area contributed by atoms with E-state index >= 15 is 0 Å². The summed E-state index contributed by atoms with van der Waals surface area (Å²) >= 11 is 0. The van der Waals surface area contributed by atoms with Crippen LogP contribution < -0.4 is 0 Å². The lowest BCUT2D eigenvalue weighted by atomic mass is 10.1. The summed E-state index contributed by atoms with van der Waals surface area (Å²) in [5, 5.41) is 8.86. The molecule has 0 aliphatic carbocycles.